The van der Waals surface area contributed by atoms with E-state index in [0.29, 0.717) is 5.82 Å². The molecule has 0 aliphatic rings. The van der Waals surface area contributed by atoms with Crippen LogP contribution in [0.15, 0.2) is 33.7 Å². The smallest absolute Gasteiger partial charge is 0.251 e. The first-order valence-corrected chi connectivity index (χ1v) is 7.82. The molecule has 1 N–H and O–H groups in total. The zero-order valence-electron chi connectivity index (χ0n) is 11.0. The second-order valence-electron chi connectivity index (χ2n) is 4.35. The summed E-state index contributed by atoms with van der Waals surface area (Å²) < 4.78 is 1.07. The fraction of sp³-hybridized carbons (Fsp3) is 0.231. The van der Waals surface area contributed by atoms with Gasteiger partial charge in [0.25, 0.3) is 5.56 Å². The molecule has 3 aromatic rings. The normalized spacial score (nSPS) is 12.7. The van der Waals surface area contributed by atoms with Gasteiger partial charge < -0.3 is 4.98 Å². The highest BCUT2D eigenvalue weighted by molar-refractivity contribution is 7.99. The summed E-state index contributed by atoms with van der Waals surface area (Å²) in [4.78, 5) is 27.2. The van der Waals surface area contributed by atoms with E-state index in [1.165, 1.54) is 6.07 Å². The Morgan fingerprint density at radius 3 is 3.05 bits per heavy atom. The van der Waals surface area contributed by atoms with Crippen molar-refractivity contribution in [2.45, 2.75) is 24.1 Å². The lowest BCUT2D eigenvalue weighted by Crippen LogP contribution is -2.12. The molecule has 1 atom stereocenters. The fourth-order valence-corrected chi connectivity index (χ4v) is 3.76. The monoisotopic (exact) mass is 304 g/mol. The van der Waals surface area contributed by atoms with Gasteiger partial charge in [-0.15, -0.1) is 11.3 Å². The number of nitrogens with one attached hydrogen (secondary N) is 1. The lowest BCUT2D eigenvalue weighted by molar-refractivity contribution is 0.880. The summed E-state index contributed by atoms with van der Waals surface area (Å²) >= 11 is 3.19. The van der Waals surface area contributed by atoms with Crippen LogP contribution in [0.25, 0.3) is 10.2 Å². The Bertz CT molecular complexity index is 811. The van der Waals surface area contributed by atoms with Crippen LogP contribution in [0, 0.1) is 6.92 Å². The Balaban J connectivity index is 1.94. The zero-order valence-corrected chi connectivity index (χ0v) is 12.6. The first-order chi connectivity index (χ1) is 9.63. The second kappa shape index (κ2) is 5.34. The molecular weight excluding hydrogens is 292 g/mol. The molecule has 0 saturated carbocycles. The molecule has 0 aliphatic heterocycles. The Kier molecular flexibility index (Phi) is 3.54. The molecule has 0 saturated heterocycles. The van der Waals surface area contributed by atoms with E-state index >= 15 is 0 Å². The van der Waals surface area contributed by atoms with Gasteiger partial charge in [0.1, 0.15) is 17.2 Å². The van der Waals surface area contributed by atoms with Crippen LogP contribution in [0.4, 0.5) is 0 Å². The Morgan fingerprint density at radius 2 is 2.25 bits per heavy atom. The number of nitrogens with zero attached hydrogens (tertiary/aromatic N) is 3. The van der Waals surface area contributed by atoms with E-state index in [-0.39, 0.29) is 10.8 Å². The highest BCUT2D eigenvalue weighted by Gasteiger charge is 2.14. The average Bonchev–Trinajstić information content (AvgIpc) is 2.87. The quantitative estimate of drug-likeness (QED) is 0.595. The van der Waals surface area contributed by atoms with Crippen LogP contribution in [0.3, 0.4) is 0 Å². The molecule has 5 nitrogen and oxygen atoms in total. The Hall–Kier alpha value is -1.73. The Labute approximate surface area is 123 Å². The van der Waals surface area contributed by atoms with Crippen molar-refractivity contribution in [3.8, 4) is 0 Å². The van der Waals surface area contributed by atoms with Crippen LogP contribution >= 0.6 is 23.1 Å². The van der Waals surface area contributed by atoms with Gasteiger partial charge in [-0.25, -0.2) is 15.0 Å². The SMILES string of the molecule is Cc1cc(=O)[nH]c(C(C)Sc2ncnc3ccsc23)n1. The third-order valence-corrected chi connectivity index (χ3v) is 4.92. The van der Waals surface area contributed by atoms with Gasteiger partial charge in [-0.1, -0.05) is 11.8 Å². The van der Waals surface area contributed by atoms with Crippen molar-refractivity contribution in [3.63, 3.8) is 0 Å². The number of thioether (sulfide) groups is 1. The van der Waals surface area contributed by atoms with Crippen molar-refractivity contribution in [2.24, 2.45) is 0 Å². The molecule has 0 amide bonds. The fourth-order valence-electron chi connectivity index (χ4n) is 1.87. The first-order valence-electron chi connectivity index (χ1n) is 6.06. The van der Waals surface area contributed by atoms with Crippen LogP contribution in [0.1, 0.15) is 23.7 Å². The molecule has 20 heavy (non-hydrogen) atoms. The molecule has 102 valence electrons. The molecule has 0 spiro atoms. The summed E-state index contributed by atoms with van der Waals surface area (Å²) in [5.74, 6) is 0.670. The largest absolute Gasteiger partial charge is 0.310 e. The van der Waals surface area contributed by atoms with Gasteiger partial charge in [0, 0.05) is 11.8 Å². The predicted octanol–water partition coefficient (Wildman–Crippen LogP) is 2.94. The number of aryl methyl sites for hydroxylation is 1. The highest BCUT2D eigenvalue weighted by Crippen LogP contribution is 2.36. The number of hydrogen-bond acceptors (Lipinski definition) is 6. The molecular formula is C13H12N4OS2. The lowest BCUT2D eigenvalue weighted by atomic mass is 10.4. The minimum atomic E-state index is -0.121. The van der Waals surface area contributed by atoms with Crippen molar-refractivity contribution < 1.29 is 0 Å². The third kappa shape index (κ3) is 2.59. The molecule has 0 bridgehead atoms. The van der Waals surface area contributed by atoms with Gasteiger partial charge >= 0.3 is 0 Å². The third-order valence-electron chi connectivity index (χ3n) is 2.77. The summed E-state index contributed by atoms with van der Waals surface area (Å²) in [6.45, 7) is 3.82. The van der Waals surface area contributed by atoms with Crippen molar-refractivity contribution in [1.82, 2.24) is 19.9 Å². The maximum atomic E-state index is 11.5. The van der Waals surface area contributed by atoms with Crippen LogP contribution in [0.2, 0.25) is 0 Å². The summed E-state index contributed by atoms with van der Waals surface area (Å²) in [6, 6.07) is 3.46. The van der Waals surface area contributed by atoms with Crippen LogP contribution in [0.5, 0.6) is 0 Å². The van der Waals surface area contributed by atoms with Crippen LogP contribution < -0.4 is 5.56 Å². The number of aromatic nitrogens is 4. The van der Waals surface area contributed by atoms with E-state index in [0.717, 1.165) is 20.9 Å². The summed E-state index contributed by atoms with van der Waals surface area (Å²) in [5, 5.41) is 2.94. The number of thiophene rings is 1. The molecule has 1 unspecified atom stereocenters. The molecule has 7 heteroatoms. The van der Waals surface area contributed by atoms with E-state index in [9.17, 15) is 4.79 Å². The van der Waals surface area contributed by atoms with Crippen LogP contribution in [-0.2, 0) is 0 Å². The molecule has 3 rings (SSSR count). The van der Waals surface area contributed by atoms with Gasteiger partial charge in [0.15, 0.2) is 0 Å². The van der Waals surface area contributed by atoms with Crippen molar-refractivity contribution in [2.75, 3.05) is 0 Å². The van der Waals surface area contributed by atoms with Crippen molar-refractivity contribution in [1.29, 1.82) is 0 Å². The molecule has 0 aromatic carbocycles. The van der Waals surface area contributed by atoms with Gasteiger partial charge in [-0.2, -0.15) is 0 Å². The maximum Gasteiger partial charge on any atom is 0.251 e. The summed E-state index contributed by atoms with van der Waals surface area (Å²) in [6.07, 6.45) is 1.57. The number of rotatable bonds is 3. The number of hydrogen-bond donors (Lipinski definition) is 1. The predicted molar refractivity (Wildman–Crippen MR) is 81.3 cm³/mol. The molecule has 0 radical (unpaired) electrons. The van der Waals surface area contributed by atoms with E-state index < -0.39 is 0 Å². The van der Waals surface area contributed by atoms with Gasteiger partial charge in [-0.05, 0) is 25.3 Å². The Morgan fingerprint density at radius 1 is 1.40 bits per heavy atom. The van der Waals surface area contributed by atoms with E-state index in [4.69, 9.17) is 0 Å². The second-order valence-corrected chi connectivity index (χ2v) is 6.59. The zero-order chi connectivity index (χ0) is 14.1. The number of fused-ring (bicyclic) bond motifs is 1. The van der Waals surface area contributed by atoms with E-state index in [1.807, 2.05) is 25.3 Å². The lowest BCUT2D eigenvalue weighted by Gasteiger charge is -2.10. The van der Waals surface area contributed by atoms with Crippen molar-refractivity contribution in [3.05, 3.63) is 45.7 Å². The topological polar surface area (TPSA) is 71.5 Å². The maximum absolute atomic E-state index is 11.5. The average molecular weight is 304 g/mol. The molecule has 3 heterocycles. The summed E-state index contributed by atoms with van der Waals surface area (Å²) in [7, 11) is 0. The minimum absolute atomic E-state index is 0.0165. The van der Waals surface area contributed by atoms with E-state index in [2.05, 4.69) is 19.9 Å². The minimum Gasteiger partial charge on any atom is -0.310 e. The van der Waals surface area contributed by atoms with Crippen molar-refractivity contribution >= 4 is 33.3 Å². The number of H-pyrrole nitrogens is 1. The highest BCUT2D eigenvalue weighted by atomic mass is 32.2. The van der Waals surface area contributed by atoms with Gasteiger partial charge in [-0.3, -0.25) is 4.79 Å². The standard InChI is InChI=1S/C13H12N4OS2/c1-7-5-10(18)17-12(16-7)8(2)20-13-11-9(3-4-19-11)14-6-15-13/h3-6,8H,1-2H3,(H,16,17,18). The summed E-state index contributed by atoms with van der Waals surface area (Å²) in [5.41, 5.74) is 1.55. The molecule has 0 fully saturated rings. The van der Waals surface area contributed by atoms with E-state index in [1.54, 1.807) is 29.4 Å². The molecule has 3 aromatic heterocycles. The van der Waals surface area contributed by atoms with Gasteiger partial charge in [0.05, 0.1) is 15.5 Å². The first kappa shape index (κ1) is 13.3. The van der Waals surface area contributed by atoms with Gasteiger partial charge in [0.2, 0.25) is 0 Å². The molecule has 0 aliphatic carbocycles. The number of aromatic amines is 1. The van der Waals surface area contributed by atoms with Crippen LogP contribution in [-0.4, -0.2) is 19.9 Å².